The van der Waals surface area contributed by atoms with Crippen molar-refractivity contribution in [3.8, 4) is 0 Å². The smallest absolute Gasteiger partial charge is 0.389 e. The molecule has 0 aromatic heterocycles. The van der Waals surface area contributed by atoms with Crippen LogP contribution in [0.1, 0.15) is 24.2 Å². The molecule has 1 rings (SSSR count). The number of aliphatic hydroxyl groups excluding tert-OH is 1. The lowest BCUT2D eigenvalue weighted by Gasteiger charge is -2.10. The van der Waals surface area contributed by atoms with Crippen LogP contribution in [0.15, 0.2) is 18.2 Å². The van der Waals surface area contributed by atoms with E-state index in [0.717, 1.165) is 12.1 Å². The van der Waals surface area contributed by atoms with Crippen LogP contribution in [0.5, 0.6) is 0 Å². The van der Waals surface area contributed by atoms with E-state index in [2.05, 4.69) is 0 Å². The van der Waals surface area contributed by atoms with Crippen molar-refractivity contribution in [2.75, 3.05) is 0 Å². The molecular formula is C9H8F4O. The Bertz CT molecular complexity index is 330. The van der Waals surface area contributed by atoms with Crippen LogP contribution in [-0.2, 0) is 6.18 Å². The van der Waals surface area contributed by atoms with Crippen LogP contribution in [0.25, 0.3) is 0 Å². The molecular weight excluding hydrogens is 200 g/mol. The molecule has 0 aliphatic rings. The SMILES string of the molecule is C[C@@H](O)c1ccc(C(F)(F)F)cc1F. The summed E-state index contributed by atoms with van der Waals surface area (Å²) in [7, 11) is 0. The van der Waals surface area contributed by atoms with E-state index in [1.54, 1.807) is 0 Å². The highest BCUT2D eigenvalue weighted by molar-refractivity contribution is 5.27. The van der Waals surface area contributed by atoms with Crippen LogP contribution in [0.2, 0.25) is 0 Å². The number of alkyl halides is 3. The third-order valence-corrected chi connectivity index (χ3v) is 1.78. The number of benzene rings is 1. The summed E-state index contributed by atoms with van der Waals surface area (Å²) in [5.41, 5.74) is -1.20. The minimum absolute atomic E-state index is 0.141. The topological polar surface area (TPSA) is 20.2 Å². The normalized spacial score (nSPS) is 14.1. The predicted molar refractivity (Wildman–Crippen MR) is 42.0 cm³/mol. The zero-order chi connectivity index (χ0) is 10.9. The van der Waals surface area contributed by atoms with E-state index in [9.17, 15) is 17.6 Å². The fourth-order valence-electron chi connectivity index (χ4n) is 1.04. The molecule has 14 heavy (non-hydrogen) atoms. The highest BCUT2D eigenvalue weighted by atomic mass is 19.4. The summed E-state index contributed by atoms with van der Waals surface area (Å²) < 4.78 is 49.2. The van der Waals surface area contributed by atoms with Gasteiger partial charge in [0.15, 0.2) is 0 Å². The molecule has 1 aromatic carbocycles. The number of aliphatic hydroxyl groups is 1. The highest BCUT2D eigenvalue weighted by Crippen LogP contribution is 2.31. The monoisotopic (exact) mass is 208 g/mol. The van der Waals surface area contributed by atoms with Gasteiger partial charge in [-0.1, -0.05) is 6.07 Å². The summed E-state index contributed by atoms with van der Waals surface area (Å²) in [6, 6.07) is 2.05. The maximum atomic E-state index is 13.0. The third-order valence-electron chi connectivity index (χ3n) is 1.78. The van der Waals surface area contributed by atoms with Crippen LogP contribution in [-0.4, -0.2) is 5.11 Å². The van der Waals surface area contributed by atoms with Crippen molar-refractivity contribution in [2.24, 2.45) is 0 Å². The molecule has 78 valence electrons. The zero-order valence-electron chi connectivity index (χ0n) is 7.27. The van der Waals surface area contributed by atoms with E-state index in [-0.39, 0.29) is 5.56 Å². The molecule has 0 amide bonds. The molecule has 0 spiro atoms. The molecule has 0 bridgehead atoms. The molecule has 0 fully saturated rings. The van der Waals surface area contributed by atoms with Crippen molar-refractivity contribution < 1.29 is 22.7 Å². The Balaban J connectivity index is 3.13. The van der Waals surface area contributed by atoms with Gasteiger partial charge in [-0.3, -0.25) is 0 Å². The highest BCUT2D eigenvalue weighted by Gasteiger charge is 2.31. The van der Waals surface area contributed by atoms with E-state index in [1.807, 2.05) is 0 Å². The number of hydrogen-bond acceptors (Lipinski definition) is 1. The van der Waals surface area contributed by atoms with Gasteiger partial charge in [-0.15, -0.1) is 0 Å². The van der Waals surface area contributed by atoms with Crippen molar-refractivity contribution in [3.05, 3.63) is 35.1 Å². The van der Waals surface area contributed by atoms with Gasteiger partial charge in [0.1, 0.15) is 5.82 Å². The molecule has 1 aromatic rings. The van der Waals surface area contributed by atoms with Gasteiger partial charge in [0, 0.05) is 5.56 Å². The molecule has 0 saturated carbocycles. The second-order valence-electron chi connectivity index (χ2n) is 2.91. The quantitative estimate of drug-likeness (QED) is 0.703. The Labute approximate surface area is 78.0 Å². The van der Waals surface area contributed by atoms with Crippen LogP contribution < -0.4 is 0 Å². The number of hydrogen-bond donors (Lipinski definition) is 1. The van der Waals surface area contributed by atoms with E-state index in [0.29, 0.717) is 6.07 Å². The molecule has 1 nitrogen and oxygen atoms in total. The van der Waals surface area contributed by atoms with Crippen LogP contribution >= 0.6 is 0 Å². The fourth-order valence-corrected chi connectivity index (χ4v) is 1.04. The minimum Gasteiger partial charge on any atom is -0.389 e. The fraction of sp³-hybridized carbons (Fsp3) is 0.333. The van der Waals surface area contributed by atoms with Crippen molar-refractivity contribution in [2.45, 2.75) is 19.2 Å². The molecule has 1 atom stereocenters. The first-order chi connectivity index (χ1) is 6.32. The molecule has 1 N–H and O–H groups in total. The summed E-state index contributed by atoms with van der Waals surface area (Å²) >= 11 is 0. The predicted octanol–water partition coefficient (Wildman–Crippen LogP) is 2.90. The van der Waals surface area contributed by atoms with Gasteiger partial charge in [0.05, 0.1) is 11.7 Å². The minimum atomic E-state index is -4.56. The summed E-state index contributed by atoms with van der Waals surface area (Å²) in [5.74, 6) is -1.05. The van der Waals surface area contributed by atoms with Gasteiger partial charge >= 0.3 is 6.18 Å². The van der Waals surface area contributed by atoms with E-state index in [4.69, 9.17) is 5.11 Å². The molecule has 0 heterocycles. The van der Waals surface area contributed by atoms with Gasteiger partial charge in [0.2, 0.25) is 0 Å². The van der Waals surface area contributed by atoms with Crippen molar-refractivity contribution >= 4 is 0 Å². The Morgan fingerprint density at radius 3 is 2.21 bits per heavy atom. The van der Waals surface area contributed by atoms with E-state index in [1.165, 1.54) is 6.92 Å². The summed E-state index contributed by atoms with van der Waals surface area (Å²) in [5, 5.41) is 8.98. The number of rotatable bonds is 1. The Hall–Kier alpha value is -1.10. The van der Waals surface area contributed by atoms with Gasteiger partial charge < -0.3 is 5.11 Å². The van der Waals surface area contributed by atoms with Crippen molar-refractivity contribution in [1.29, 1.82) is 0 Å². The molecule has 5 heteroatoms. The maximum absolute atomic E-state index is 13.0. The summed E-state index contributed by atoms with van der Waals surface area (Å²) in [4.78, 5) is 0. The molecule has 0 radical (unpaired) electrons. The van der Waals surface area contributed by atoms with Gasteiger partial charge in [0.25, 0.3) is 0 Å². The van der Waals surface area contributed by atoms with E-state index < -0.39 is 23.7 Å². The lowest BCUT2D eigenvalue weighted by atomic mass is 10.1. The molecule has 0 aliphatic heterocycles. The first kappa shape index (κ1) is 11.0. The first-order valence-corrected chi connectivity index (χ1v) is 3.87. The Morgan fingerprint density at radius 2 is 1.86 bits per heavy atom. The van der Waals surface area contributed by atoms with Crippen molar-refractivity contribution in [3.63, 3.8) is 0 Å². The van der Waals surface area contributed by atoms with Crippen LogP contribution in [0.3, 0.4) is 0 Å². The Kier molecular flexibility index (Phi) is 2.80. The average Bonchev–Trinajstić information content (AvgIpc) is 2.01. The first-order valence-electron chi connectivity index (χ1n) is 3.87. The van der Waals surface area contributed by atoms with Crippen LogP contribution in [0.4, 0.5) is 17.6 Å². The lowest BCUT2D eigenvalue weighted by Crippen LogP contribution is -2.07. The van der Waals surface area contributed by atoms with Gasteiger partial charge in [-0.25, -0.2) is 4.39 Å². The van der Waals surface area contributed by atoms with Crippen LogP contribution in [0, 0.1) is 5.82 Å². The lowest BCUT2D eigenvalue weighted by molar-refractivity contribution is -0.137. The Morgan fingerprint density at radius 1 is 1.29 bits per heavy atom. The molecule has 0 unspecified atom stereocenters. The zero-order valence-corrected chi connectivity index (χ0v) is 7.27. The number of halogens is 4. The average molecular weight is 208 g/mol. The second-order valence-corrected chi connectivity index (χ2v) is 2.91. The largest absolute Gasteiger partial charge is 0.416 e. The van der Waals surface area contributed by atoms with E-state index >= 15 is 0 Å². The summed E-state index contributed by atoms with van der Waals surface area (Å²) in [6.07, 6.45) is -5.67. The summed E-state index contributed by atoms with van der Waals surface area (Å²) in [6.45, 7) is 1.28. The second kappa shape index (κ2) is 3.57. The van der Waals surface area contributed by atoms with Gasteiger partial charge in [-0.05, 0) is 19.1 Å². The molecule has 0 saturated heterocycles. The maximum Gasteiger partial charge on any atom is 0.416 e. The van der Waals surface area contributed by atoms with Gasteiger partial charge in [-0.2, -0.15) is 13.2 Å². The standard InChI is InChI=1S/C9H8F4O/c1-5(14)7-3-2-6(4-8(7)10)9(11,12)13/h2-5,14H,1H3/t5-/m1/s1. The van der Waals surface area contributed by atoms with Crippen molar-refractivity contribution in [1.82, 2.24) is 0 Å². The molecule has 0 aliphatic carbocycles. The third kappa shape index (κ3) is 2.23.